The molecule has 0 aliphatic carbocycles. The van der Waals surface area contributed by atoms with Gasteiger partial charge in [-0.2, -0.15) is 0 Å². The fourth-order valence-corrected chi connectivity index (χ4v) is 10.2. The van der Waals surface area contributed by atoms with Crippen LogP contribution >= 0.6 is 15.6 Å². The van der Waals surface area contributed by atoms with Crippen molar-refractivity contribution in [3.8, 4) is 45.3 Å². The van der Waals surface area contributed by atoms with Crippen LogP contribution in [0.1, 0.15) is 22.3 Å². The van der Waals surface area contributed by atoms with Crippen LogP contribution in [-0.4, -0.2) is 106 Å². The molecule has 0 saturated carbocycles. The normalized spacial score (nSPS) is 16.3. The maximum Gasteiger partial charge on any atom is 0.173 e. The number of rotatable bonds is 0. The molecule has 0 amide bonds. The van der Waals surface area contributed by atoms with Crippen molar-refractivity contribution in [2.45, 2.75) is 26.2 Å². The average Bonchev–Trinajstić information content (AvgIpc) is 0.902. The third-order valence-corrected chi connectivity index (χ3v) is 14.8. The average molecular weight is 1610 g/mol. The Kier molecular flexibility index (Phi) is 29.0. The Morgan fingerprint density at radius 2 is 0.461 bits per heavy atom. The largest absolute Gasteiger partial charge is 1.00 e. The smallest absolute Gasteiger partial charge is 0.173 e. The molecule has 20 bridgehead atoms. The van der Waals surface area contributed by atoms with Gasteiger partial charge >= 0.3 is 66.0 Å². The van der Waals surface area contributed by atoms with Gasteiger partial charge in [0.05, 0.1) is 79.3 Å². The second-order valence-electron chi connectivity index (χ2n) is 22.9. The topological polar surface area (TPSA) is 108 Å². The Labute approximate surface area is 602 Å². The van der Waals surface area contributed by atoms with Crippen molar-refractivity contribution in [1.29, 1.82) is 0 Å². The first kappa shape index (κ1) is 81.7. The Bertz CT molecular complexity index is 3790. The minimum absolute atomic E-state index is 0. The third kappa shape index (κ3) is 32.4. The summed E-state index contributed by atoms with van der Waals surface area (Å²) in [7, 11) is -21.3. The van der Waals surface area contributed by atoms with Crippen LogP contribution in [0.25, 0.3) is 43.8 Å². The Balaban J connectivity index is 0.000000238. The fraction of sp³-hybridized carbons (Fsp3) is 0.278. The third-order valence-electron chi connectivity index (χ3n) is 14.8. The number of halogens is 14. The van der Waals surface area contributed by atoms with Gasteiger partial charge in [0.15, 0.2) is 75.8 Å². The van der Waals surface area contributed by atoms with E-state index in [9.17, 15) is 50.4 Å². The minimum Gasteiger partial charge on any atom is -1.00 e. The molecular formula is C72H76Br2F12N4O10P2. The SMILES string of the molecule is F[P-](F)(F)(F)(F)F.F[P-](F)(F)(F)(F)F.[Br-].[Br-].c1cc2c3cccc(c3c1)OCCOCCOCCOCCOc1ccc3cc(ccc3c1)OCCOCCOCCOCCO2.c1cc2ccc1C[n+]1ccc(cc1)-c1cc[n+](cc1)Cc1ccc(cc1)C[n+]1ccc(cc1)-c1cc[n+](cc1)C2. The van der Waals surface area contributed by atoms with Crippen molar-refractivity contribution >= 4 is 37.2 Å². The predicted molar refractivity (Wildman–Crippen MR) is 356 cm³/mol. The molecule has 30 heteroatoms. The van der Waals surface area contributed by atoms with Crippen molar-refractivity contribution < 1.29 is 150 Å². The molecule has 18 aliphatic heterocycles. The first-order chi connectivity index (χ1) is 47.5. The van der Waals surface area contributed by atoms with E-state index in [-0.39, 0.29) is 34.0 Å². The predicted octanol–water partition coefficient (Wildman–Crippen LogP) is 10.8. The second-order valence-corrected chi connectivity index (χ2v) is 26.8. The van der Waals surface area contributed by atoms with E-state index in [1.807, 2.05) is 72.8 Å². The van der Waals surface area contributed by atoms with Gasteiger partial charge in [-0.15, -0.1) is 0 Å². The molecule has 28 rings (SSSR count). The summed E-state index contributed by atoms with van der Waals surface area (Å²) < 4.78 is 185. The zero-order valence-corrected chi connectivity index (χ0v) is 59.9. The molecule has 0 atom stereocenters. The van der Waals surface area contributed by atoms with Gasteiger partial charge in [-0.1, -0.05) is 84.9 Å². The molecule has 0 fully saturated rings. The van der Waals surface area contributed by atoms with E-state index >= 15 is 0 Å². The maximum absolute atomic E-state index is 10.7. The van der Waals surface area contributed by atoms with E-state index < -0.39 is 15.6 Å². The van der Waals surface area contributed by atoms with Crippen LogP contribution in [0.5, 0.6) is 23.0 Å². The summed E-state index contributed by atoms with van der Waals surface area (Å²) in [5.41, 5.74) is 10.1. The van der Waals surface area contributed by atoms with Crippen molar-refractivity contribution in [3.63, 3.8) is 0 Å². The summed E-state index contributed by atoms with van der Waals surface area (Å²) in [5, 5.41) is 4.13. The maximum atomic E-state index is 9.87. The number of hydrogen-bond donors (Lipinski definition) is 0. The summed E-state index contributed by atoms with van der Waals surface area (Å²) in [6.07, 6.45) is 17.4. The molecule has 552 valence electrons. The van der Waals surface area contributed by atoms with E-state index in [1.165, 1.54) is 44.5 Å². The van der Waals surface area contributed by atoms with Gasteiger partial charge in [0.2, 0.25) is 0 Å². The van der Waals surface area contributed by atoms with Crippen molar-refractivity contribution in [1.82, 2.24) is 0 Å². The zero-order valence-electron chi connectivity index (χ0n) is 55.0. The van der Waals surface area contributed by atoms with Gasteiger partial charge in [-0.05, 0) is 69.4 Å². The first-order valence-corrected chi connectivity index (χ1v) is 35.8. The van der Waals surface area contributed by atoms with Gasteiger partial charge in [0, 0.05) is 81.6 Å². The number of hydrogen-bond acceptors (Lipinski definition) is 10. The monoisotopic (exact) mass is 1600 g/mol. The Morgan fingerprint density at radius 3 is 0.696 bits per heavy atom. The van der Waals surface area contributed by atoms with Crippen molar-refractivity contribution in [3.05, 3.63) is 242 Å². The van der Waals surface area contributed by atoms with Crippen LogP contribution in [0.15, 0.2) is 219 Å². The van der Waals surface area contributed by atoms with Crippen molar-refractivity contribution in [2.75, 3.05) is 106 Å². The minimum atomic E-state index is -10.7. The molecule has 6 aromatic carbocycles. The van der Waals surface area contributed by atoms with Gasteiger partial charge in [-0.25, -0.2) is 18.3 Å². The first-order valence-electron chi connectivity index (χ1n) is 31.8. The number of aromatic nitrogens is 4. The number of pyridine rings is 4. The van der Waals surface area contributed by atoms with E-state index in [0.29, 0.717) is 106 Å². The number of nitrogens with zero attached hydrogens (tertiary/aromatic N) is 4. The summed E-state index contributed by atoms with van der Waals surface area (Å²) in [6, 6.07) is 59.4. The van der Waals surface area contributed by atoms with Crippen LogP contribution in [0, 0.1) is 0 Å². The molecule has 4 aromatic heterocycles. The number of benzene rings is 6. The van der Waals surface area contributed by atoms with Crippen molar-refractivity contribution in [2.24, 2.45) is 0 Å². The molecule has 0 saturated heterocycles. The summed E-state index contributed by atoms with van der Waals surface area (Å²) >= 11 is 0. The fourth-order valence-electron chi connectivity index (χ4n) is 10.2. The molecule has 102 heavy (non-hydrogen) atoms. The summed E-state index contributed by atoms with van der Waals surface area (Å²) in [4.78, 5) is 0. The summed E-state index contributed by atoms with van der Waals surface area (Å²) in [6.45, 7) is 11.0. The second kappa shape index (κ2) is 36.2. The van der Waals surface area contributed by atoms with Crippen LogP contribution < -0.4 is 71.2 Å². The van der Waals surface area contributed by atoms with E-state index in [1.54, 1.807) is 0 Å². The van der Waals surface area contributed by atoms with Gasteiger partial charge in [0.25, 0.3) is 0 Å². The van der Waals surface area contributed by atoms with E-state index in [0.717, 1.165) is 70.7 Å². The van der Waals surface area contributed by atoms with E-state index in [4.69, 9.17) is 47.4 Å². The molecular weight excluding hydrogens is 1530 g/mol. The molecule has 14 nitrogen and oxygen atoms in total. The Hall–Kier alpha value is -7.62. The summed E-state index contributed by atoms with van der Waals surface area (Å²) in [5.74, 6) is 3.17. The standard InChI is InChI=1S/C36H32N4.C36H44O10.2BrH.2F6P/c1-2-30-4-3-29(1)25-37-17-9-33(10-18-37)35-13-21-39(22-14-35)27-31-5-7-32(8-6-31)28-40-23-15-36(16-24-40)34-11-19-38(26-30)20-12-34;1-3-33-34-4-2-6-36(33)46-26-22-42-18-14-38-12-16-40-20-24-44-32-10-8-29-27-31(9-7-30(29)28-32)43-23-19-39-15-11-37-13-17-41-21-25-45-35(34)5-1;;;2*1-7(2,3,4,5)6/h1-24H,25-28H2;1-10,27-28H,11-26H2;2*1H;;/q+4;;;;2*-1/p-2. The van der Waals surface area contributed by atoms with Crippen LogP contribution in [0.2, 0.25) is 0 Å². The zero-order chi connectivity index (χ0) is 71.0. The number of fused-ring (bicyclic) bond motifs is 26. The molecule has 18 aliphatic rings. The van der Waals surface area contributed by atoms with E-state index in [2.05, 4.69) is 165 Å². The number of ether oxygens (including phenoxy) is 10. The van der Waals surface area contributed by atoms with Gasteiger partial charge < -0.3 is 81.3 Å². The Morgan fingerprint density at radius 1 is 0.245 bits per heavy atom. The molecule has 0 radical (unpaired) electrons. The van der Waals surface area contributed by atoms with Crippen LogP contribution in [0.3, 0.4) is 0 Å². The molecule has 0 N–H and O–H groups in total. The van der Waals surface area contributed by atoms with Gasteiger partial charge in [-0.3, -0.25) is 0 Å². The molecule has 0 spiro atoms. The quantitative estimate of drug-likeness (QED) is 0.0630. The van der Waals surface area contributed by atoms with Gasteiger partial charge in [0.1, 0.15) is 49.4 Å². The van der Waals surface area contributed by atoms with Crippen LogP contribution in [-0.2, 0) is 54.6 Å². The molecule has 22 heterocycles. The molecule has 0 unspecified atom stereocenters. The molecule has 10 aromatic rings. The van der Waals surface area contributed by atoms with Crippen LogP contribution in [0.4, 0.5) is 50.4 Å².